The van der Waals surface area contributed by atoms with Gasteiger partial charge in [0.15, 0.2) is 17.5 Å². The van der Waals surface area contributed by atoms with E-state index < -0.39 is 0 Å². The van der Waals surface area contributed by atoms with E-state index in [2.05, 4.69) is 126 Å². The Labute approximate surface area is 322 Å². The van der Waals surface area contributed by atoms with Crippen molar-refractivity contribution in [2.24, 2.45) is 0 Å². The minimum absolute atomic E-state index is 0.597. The zero-order chi connectivity index (χ0) is 37.0. The van der Waals surface area contributed by atoms with E-state index in [1.54, 1.807) is 0 Å². The molecule has 56 heavy (non-hydrogen) atoms. The topological polar surface area (TPSA) is 56.7 Å². The lowest BCUT2D eigenvalue weighted by Crippen LogP contribution is -2.00. The van der Waals surface area contributed by atoms with E-state index in [1.807, 2.05) is 72.8 Å². The van der Waals surface area contributed by atoms with Crippen molar-refractivity contribution in [3.8, 4) is 62.1 Å². The van der Waals surface area contributed by atoms with Gasteiger partial charge in [-0.1, -0.05) is 152 Å². The Morgan fingerprint density at radius 3 is 1.61 bits per heavy atom. The molecule has 0 N–H and O–H groups in total. The standard InChI is InChI=1S/C51H32N4O/c1-5-16-33(17-6-1)37-30-42(34-18-7-2-8-19-34)47-39-24-13-14-26-43(39)55(44(47)31-37)38-28-29-40-46(32-38)56-45-27-15-25-41(48(40)45)51-53-49(35-20-9-3-10-21-35)52-50(54-51)36-22-11-4-12-23-36/h1-32H. The van der Waals surface area contributed by atoms with Crippen LogP contribution < -0.4 is 0 Å². The van der Waals surface area contributed by atoms with Gasteiger partial charge >= 0.3 is 0 Å². The molecule has 0 unspecified atom stereocenters. The average molecular weight is 717 g/mol. The summed E-state index contributed by atoms with van der Waals surface area (Å²) in [6, 6.07) is 67.5. The lowest BCUT2D eigenvalue weighted by atomic mass is 9.94. The average Bonchev–Trinajstić information content (AvgIpc) is 3.82. The van der Waals surface area contributed by atoms with Crippen LogP contribution in [0.15, 0.2) is 199 Å². The summed E-state index contributed by atoms with van der Waals surface area (Å²) in [5.74, 6) is 1.84. The van der Waals surface area contributed by atoms with Crippen LogP contribution in [0.1, 0.15) is 0 Å². The van der Waals surface area contributed by atoms with Gasteiger partial charge in [0.25, 0.3) is 0 Å². The molecule has 262 valence electrons. The number of para-hydroxylation sites is 1. The van der Waals surface area contributed by atoms with Gasteiger partial charge in [0.2, 0.25) is 0 Å². The van der Waals surface area contributed by atoms with E-state index in [4.69, 9.17) is 19.4 Å². The van der Waals surface area contributed by atoms with E-state index in [-0.39, 0.29) is 0 Å². The molecular weight excluding hydrogens is 685 g/mol. The van der Waals surface area contributed by atoms with Gasteiger partial charge in [0.05, 0.1) is 11.0 Å². The Bertz CT molecular complexity index is 3170. The lowest BCUT2D eigenvalue weighted by molar-refractivity contribution is 0.668. The van der Waals surface area contributed by atoms with Crippen molar-refractivity contribution >= 4 is 43.7 Å². The van der Waals surface area contributed by atoms with Crippen molar-refractivity contribution in [2.45, 2.75) is 0 Å². The predicted octanol–water partition coefficient (Wildman–Crippen LogP) is 13.2. The van der Waals surface area contributed by atoms with E-state index in [9.17, 15) is 0 Å². The fourth-order valence-corrected chi connectivity index (χ4v) is 8.09. The summed E-state index contributed by atoms with van der Waals surface area (Å²) in [7, 11) is 0. The van der Waals surface area contributed by atoms with Gasteiger partial charge in [-0.3, -0.25) is 0 Å². The van der Waals surface area contributed by atoms with Gasteiger partial charge in [-0.2, -0.15) is 0 Å². The van der Waals surface area contributed by atoms with Crippen molar-refractivity contribution in [1.82, 2.24) is 19.5 Å². The molecular formula is C51H32N4O. The van der Waals surface area contributed by atoms with Crippen LogP contribution in [0.5, 0.6) is 0 Å². The van der Waals surface area contributed by atoms with Crippen LogP contribution in [0.2, 0.25) is 0 Å². The Hall–Kier alpha value is -7.63. The fraction of sp³-hybridized carbons (Fsp3) is 0. The summed E-state index contributed by atoms with van der Waals surface area (Å²) in [6.45, 7) is 0. The Balaban J connectivity index is 1.13. The largest absolute Gasteiger partial charge is 0.456 e. The maximum absolute atomic E-state index is 6.71. The maximum atomic E-state index is 6.71. The number of rotatable bonds is 6. The minimum atomic E-state index is 0.597. The van der Waals surface area contributed by atoms with Crippen LogP contribution in [0.3, 0.4) is 0 Å². The molecule has 0 saturated heterocycles. The maximum Gasteiger partial charge on any atom is 0.164 e. The molecule has 0 radical (unpaired) electrons. The molecule has 0 spiro atoms. The highest BCUT2D eigenvalue weighted by atomic mass is 16.3. The molecule has 11 aromatic rings. The number of hydrogen-bond acceptors (Lipinski definition) is 4. The number of hydrogen-bond donors (Lipinski definition) is 0. The third-order valence-corrected chi connectivity index (χ3v) is 10.6. The lowest BCUT2D eigenvalue weighted by Gasteiger charge is -2.12. The highest BCUT2D eigenvalue weighted by Crippen LogP contribution is 2.43. The summed E-state index contributed by atoms with van der Waals surface area (Å²) in [5, 5.41) is 4.39. The minimum Gasteiger partial charge on any atom is -0.456 e. The molecule has 0 bridgehead atoms. The Morgan fingerprint density at radius 2 is 0.929 bits per heavy atom. The molecule has 0 aliphatic carbocycles. The number of nitrogens with zero attached hydrogens (tertiary/aromatic N) is 4. The molecule has 0 aliphatic rings. The van der Waals surface area contributed by atoms with Gasteiger partial charge in [-0.25, -0.2) is 15.0 Å². The quantitative estimate of drug-likeness (QED) is 0.172. The van der Waals surface area contributed by atoms with E-state index >= 15 is 0 Å². The SMILES string of the molecule is c1ccc(-c2cc(-c3ccccc3)c3c4ccccc4n(-c4ccc5c(c4)oc4cccc(-c6nc(-c7ccccc7)nc(-c7ccccc7)n6)c45)c3c2)cc1. The van der Waals surface area contributed by atoms with E-state index in [1.165, 1.54) is 27.5 Å². The highest BCUT2D eigenvalue weighted by Gasteiger charge is 2.21. The second-order valence-electron chi connectivity index (χ2n) is 14.0. The fourth-order valence-electron chi connectivity index (χ4n) is 8.09. The number of aromatic nitrogens is 4. The monoisotopic (exact) mass is 716 g/mol. The first-order chi connectivity index (χ1) is 27.8. The summed E-state index contributed by atoms with van der Waals surface area (Å²) in [6.07, 6.45) is 0. The molecule has 8 aromatic carbocycles. The van der Waals surface area contributed by atoms with Gasteiger partial charge in [-0.05, 0) is 58.7 Å². The normalized spacial score (nSPS) is 11.6. The smallest absolute Gasteiger partial charge is 0.164 e. The van der Waals surface area contributed by atoms with Gasteiger partial charge in [0, 0.05) is 50.0 Å². The third kappa shape index (κ3) is 5.29. The van der Waals surface area contributed by atoms with Gasteiger partial charge in [-0.15, -0.1) is 0 Å². The predicted molar refractivity (Wildman–Crippen MR) is 229 cm³/mol. The van der Waals surface area contributed by atoms with E-state index in [0.29, 0.717) is 17.5 Å². The first-order valence-corrected chi connectivity index (χ1v) is 18.8. The molecule has 0 fully saturated rings. The van der Waals surface area contributed by atoms with Crippen molar-refractivity contribution < 1.29 is 4.42 Å². The molecule has 11 rings (SSSR count). The molecule has 5 heteroatoms. The van der Waals surface area contributed by atoms with Crippen molar-refractivity contribution in [3.63, 3.8) is 0 Å². The summed E-state index contributed by atoms with van der Waals surface area (Å²) >= 11 is 0. The highest BCUT2D eigenvalue weighted by molar-refractivity contribution is 6.17. The third-order valence-electron chi connectivity index (χ3n) is 10.6. The Kier molecular flexibility index (Phi) is 7.42. The number of furan rings is 1. The molecule has 3 heterocycles. The van der Waals surface area contributed by atoms with E-state index in [0.717, 1.165) is 60.9 Å². The van der Waals surface area contributed by atoms with Crippen molar-refractivity contribution in [1.29, 1.82) is 0 Å². The summed E-state index contributed by atoms with van der Waals surface area (Å²) < 4.78 is 9.09. The Morgan fingerprint density at radius 1 is 0.339 bits per heavy atom. The summed E-state index contributed by atoms with van der Waals surface area (Å²) in [5.41, 5.74) is 12.3. The molecule has 0 aliphatic heterocycles. The van der Waals surface area contributed by atoms with Crippen LogP contribution in [0, 0.1) is 0 Å². The number of fused-ring (bicyclic) bond motifs is 6. The first kappa shape index (κ1) is 31.9. The second-order valence-corrected chi connectivity index (χ2v) is 14.0. The molecule has 3 aromatic heterocycles. The second kappa shape index (κ2) is 13.0. The molecule has 0 amide bonds. The van der Waals surface area contributed by atoms with Crippen LogP contribution in [0.4, 0.5) is 0 Å². The summed E-state index contributed by atoms with van der Waals surface area (Å²) in [4.78, 5) is 15.0. The van der Waals surface area contributed by atoms with Crippen molar-refractivity contribution in [2.75, 3.05) is 0 Å². The van der Waals surface area contributed by atoms with Gasteiger partial charge in [0.1, 0.15) is 11.2 Å². The molecule has 5 nitrogen and oxygen atoms in total. The van der Waals surface area contributed by atoms with Crippen LogP contribution in [-0.2, 0) is 0 Å². The van der Waals surface area contributed by atoms with Crippen LogP contribution in [-0.4, -0.2) is 19.5 Å². The zero-order valence-electron chi connectivity index (χ0n) is 30.2. The first-order valence-electron chi connectivity index (χ1n) is 18.8. The molecule has 0 atom stereocenters. The van der Waals surface area contributed by atoms with Crippen molar-refractivity contribution in [3.05, 3.63) is 194 Å². The molecule has 0 saturated carbocycles. The van der Waals surface area contributed by atoms with Crippen LogP contribution >= 0.6 is 0 Å². The zero-order valence-corrected chi connectivity index (χ0v) is 30.2. The number of benzene rings is 8. The van der Waals surface area contributed by atoms with Gasteiger partial charge < -0.3 is 8.98 Å². The van der Waals surface area contributed by atoms with Crippen LogP contribution in [0.25, 0.3) is 106 Å².